The molecule has 1 atom stereocenters. The monoisotopic (exact) mass is 405 g/mol. The van der Waals surface area contributed by atoms with Gasteiger partial charge < -0.3 is 5.32 Å². The van der Waals surface area contributed by atoms with Crippen molar-refractivity contribution in [1.82, 2.24) is 15.3 Å². The number of thiophene rings is 1. The van der Waals surface area contributed by atoms with Gasteiger partial charge in [-0.3, -0.25) is 9.78 Å². The van der Waals surface area contributed by atoms with Crippen molar-refractivity contribution < 1.29 is 4.79 Å². The zero-order chi connectivity index (χ0) is 19.3. The van der Waals surface area contributed by atoms with E-state index in [4.69, 9.17) is 11.6 Å². The lowest BCUT2D eigenvalue weighted by atomic mass is 10.1. The maximum absolute atomic E-state index is 12.6. The average molecular weight is 406 g/mol. The molecule has 0 aliphatic rings. The summed E-state index contributed by atoms with van der Waals surface area (Å²) in [6.45, 7) is 0. The van der Waals surface area contributed by atoms with Gasteiger partial charge in [-0.1, -0.05) is 41.9 Å². The zero-order valence-corrected chi connectivity index (χ0v) is 16.3. The van der Waals surface area contributed by atoms with Crippen LogP contribution in [0.4, 0.5) is 0 Å². The number of hydrogen-bond donors (Lipinski definition) is 1. The standard InChI is InChI=1S/C22H16ClN3OS/c23-16-9-7-15(8-10-16)22(20-6-3-13-28-20)26-21(27)12-11-17-14-24-18-4-1-2-5-19(18)25-17/h1-14,22H,(H,26,27)/b12-11+. The summed E-state index contributed by atoms with van der Waals surface area (Å²) in [6, 6.07) is 18.9. The van der Waals surface area contributed by atoms with Crippen molar-refractivity contribution in [3.63, 3.8) is 0 Å². The Balaban J connectivity index is 1.53. The molecule has 1 N–H and O–H groups in total. The largest absolute Gasteiger partial charge is 0.341 e. The molecule has 0 saturated heterocycles. The first-order chi connectivity index (χ1) is 13.7. The number of amides is 1. The Kier molecular flexibility index (Phi) is 5.46. The normalized spacial score (nSPS) is 12.3. The van der Waals surface area contributed by atoms with Crippen LogP contribution in [-0.4, -0.2) is 15.9 Å². The van der Waals surface area contributed by atoms with E-state index in [1.165, 1.54) is 6.08 Å². The van der Waals surface area contributed by atoms with Crippen molar-refractivity contribution in [2.75, 3.05) is 0 Å². The first kappa shape index (κ1) is 18.3. The molecule has 0 saturated carbocycles. The first-order valence-corrected chi connectivity index (χ1v) is 9.94. The van der Waals surface area contributed by atoms with Crippen LogP contribution in [0, 0.1) is 0 Å². The predicted molar refractivity (Wildman–Crippen MR) is 114 cm³/mol. The SMILES string of the molecule is O=C(/C=C/c1cnc2ccccc2n1)NC(c1ccc(Cl)cc1)c1cccs1. The second kappa shape index (κ2) is 8.33. The smallest absolute Gasteiger partial charge is 0.244 e. The lowest BCUT2D eigenvalue weighted by Crippen LogP contribution is -2.27. The molecule has 4 aromatic rings. The van der Waals surface area contributed by atoms with E-state index in [9.17, 15) is 4.79 Å². The van der Waals surface area contributed by atoms with Gasteiger partial charge in [-0.2, -0.15) is 0 Å². The second-order valence-electron chi connectivity index (χ2n) is 6.13. The maximum Gasteiger partial charge on any atom is 0.244 e. The summed E-state index contributed by atoms with van der Waals surface area (Å²) in [7, 11) is 0. The van der Waals surface area contributed by atoms with E-state index in [1.807, 2.05) is 66.0 Å². The molecule has 0 fully saturated rings. The molecule has 0 bridgehead atoms. The highest BCUT2D eigenvalue weighted by Gasteiger charge is 2.16. The minimum absolute atomic E-state index is 0.205. The van der Waals surface area contributed by atoms with Gasteiger partial charge in [0.05, 0.1) is 29.0 Å². The van der Waals surface area contributed by atoms with Crippen molar-refractivity contribution in [3.8, 4) is 0 Å². The fraction of sp³-hybridized carbons (Fsp3) is 0.0455. The third-order valence-electron chi connectivity index (χ3n) is 4.19. The summed E-state index contributed by atoms with van der Waals surface area (Å²) in [5.74, 6) is -0.205. The van der Waals surface area contributed by atoms with Gasteiger partial charge in [0.15, 0.2) is 0 Å². The van der Waals surface area contributed by atoms with Gasteiger partial charge in [0.2, 0.25) is 5.91 Å². The Labute approximate surface area is 171 Å². The number of fused-ring (bicyclic) bond motifs is 1. The van der Waals surface area contributed by atoms with E-state index in [0.717, 1.165) is 21.5 Å². The highest BCUT2D eigenvalue weighted by Crippen LogP contribution is 2.27. The molecular formula is C22H16ClN3OS. The molecule has 1 amide bonds. The van der Waals surface area contributed by atoms with Gasteiger partial charge >= 0.3 is 0 Å². The second-order valence-corrected chi connectivity index (χ2v) is 7.54. The summed E-state index contributed by atoms with van der Waals surface area (Å²) in [5.41, 5.74) is 3.22. The quantitative estimate of drug-likeness (QED) is 0.460. The van der Waals surface area contributed by atoms with Crippen LogP contribution in [0.5, 0.6) is 0 Å². The fourth-order valence-corrected chi connectivity index (χ4v) is 3.76. The van der Waals surface area contributed by atoms with E-state index in [-0.39, 0.29) is 11.9 Å². The highest BCUT2D eigenvalue weighted by atomic mass is 35.5. The molecule has 0 radical (unpaired) electrons. The molecule has 1 unspecified atom stereocenters. The topological polar surface area (TPSA) is 54.9 Å². The minimum atomic E-state index is -0.239. The molecule has 0 aliphatic heterocycles. The van der Waals surface area contributed by atoms with E-state index in [1.54, 1.807) is 23.6 Å². The number of para-hydroxylation sites is 2. The van der Waals surface area contributed by atoms with Crippen LogP contribution in [0.25, 0.3) is 17.1 Å². The van der Waals surface area contributed by atoms with Gasteiger partial charge in [-0.15, -0.1) is 11.3 Å². The Bertz CT molecular complexity index is 1120. The number of carbonyl (C=O) groups excluding carboxylic acids is 1. The van der Waals surface area contributed by atoms with E-state index >= 15 is 0 Å². The van der Waals surface area contributed by atoms with Gasteiger partial charge in [-0.25, -0.2) is 4.98 Å². The lowest BCUT2D eigenvalue weighted by molar-refractivity contribution is -0.116. The number of nitrogens with zero attached hydrogens (tertiary/aromatic N) is 2. The van der Waals surface area contributed by atoms with Crippen molar-refractivity contribution in [3.05, 3.63) is 99.5 Å². The number of rotatable bonds is 5. The molecule has 28 heavy (non-hydrogen) atoms. The molecule has 138 valence electrons. The maximum atomic E-state index is 12.6. The fourth-order valence-electron chi connectivity index (χ4n) is 2.83. The molecule has 0 spiro atoms. The Morgan fingerprint density at radius 2 is 1.82 bits per heavy atom. The van der Waals surface area contributed by atoms with E-state index in [0.29, 0.717) is 10.7 Å². The van der Waals surface area contributed by atoms with Gasteiger partial charge in [0.1, 0.15) is 0 Å². The molecule has 2 aromatic heterocycles. The van der Waals surface area contributed by atoms with E-state index in [2.05, 4.69) is 15.3 Å². The van der Waals surface area contributed by atoms with Gasteiger partial charge in [0, 0.05) is 16.0 Å². The number of carbonyl (C=O) groups is 1. The van der Waals surface area contributed by atoms with E-state index < -0.39 is 0 Å². The predicted octanol–water partition coefficient (Wildman–Crippen LogP) is 5.26. The number of hydrogen-bond acceptors (Lipinski definition) is 4. The summed E-state index contributed by atoms with van der Waals surface area (Å²) < 4.78 is 0. The summed E-state index contributed by atoms with van der Waals surface area (Å²) >= 11 is 7.59. The van der Waals surface area contributed by atoms with Crippen LogP contribution >= 0.6 is 22.9 Å². The molecule has 2 aromatic carbocycles. The third-order valence-corrected chi connectivity index (χ3v) is 5.38. The number of halogens is 1. The molecule has 6 heteroatoms. The lowest BCUT2D eigenvalue weighted by Gasteiger charge is -2.17. The number of aromatic nitrogens is 2. The summed E-state index contributed by atoms with van der Waals surface area (Å²) in [5, 5.41) is 5.71. The third kappa shape index (κ3) is 4.27. The van der Waals surface area contributed by atoms with Crippen LogP contribution in [0.15, 0.2) is 78.3 Å². The number of nitrogens with one attached hydrogen (secondary N) is 1. The molecule has 0 aliphatic carbocycles. The summed E-state index contributed by atoms with van der Waals surface area (Å²) in [4.78, 5) is 22.5. The Morgan fingerprint density at radius 3 is 2.57 bits per heavy atom. The molecule has 4 rings (SSSR count). The van der Waals surface area contributed by atoms with Crippen LogP contribution < -0.4 is 5.32 Å². The van der Waals surface area contributed by atoms with Crippen LogP contribution in [-0.2, 0) is 4.79 Å². The van der Waals surface area contributed by atoms with Crippen LogP contribution in [0.3, 0.4) is 0 Å². The molecule has 2 heterocycles. The zero-order valence-electron chi connectivity index (χ0n) is 14.7. The van der Waals surface area contributed by atoms with Crippen LogP contribution in [0.1, 0.15) is 22.2 Å². The van der Waals surface area contributed by atoms with Crippen molar-refractivity contribution in [2.24, 2.45) is 0 Å². The average Bonchev–Trinajstić information content (AvgIpc) is 3.26. The van der Waals surface area contributed by atoms with Crippen molar-refractivity contribution >= 4 is 46.0 Å². The number of benzene rings is 2. The first-order valence-electron chi connectivity index (χ1n) is 8.68. The minimum Gasteiger partial charge on any atom is -0.341 e. The summed E-state index contributed by atoms with van der Waals surface area (Å²) in [6.07, 6.45) is 4.81. The van der Waals surface area contributed by atoms with Crippen molar-refractivity contribution in [1.29, 1.82) is 0 Å². The molecular weight excluding hydrogens is 390 g/mol. The molecule has 4 nitrogen and oxygen atoms in total. The Morgan fingerprint density at radius 1 is 1.04 bits per heavy atom. The van der Waals surface area contributed by atoms with Gasteiger partial charge in [-0.05, 0) is 47.4 Å². The Hall–Kier alpha value is -3.02. The van der Waals surface area contributed by atoms with Gasteiger partial charge in [0.25, 0.3) is 0 Å². The van der Waals surface area contributed by atoms with Crippen LogP contribution in [0.2, 0.25) is 5.02 Å². The van der Waals surface area contributed by atoms with Crippen molar-refractivity contribution in [2.45, 2.75) is 6.04 Å². The highest BCUT2D eigenvalue weighted by molar-refractivity contribution is 7.10.